The predicted octanol–water partition coefficient (Wildman–Crippen LogP) is 2.52. The van der Waals surface area contributed by atoms with E-state index in [2.05, 4.69) is 35.4 Å². The molecule has 1 heterocycles. The lowest BCUT2D eigenvalue weighted by atomic mass is 10.0. The highest BCUT2D eigenvalue weighted by molar-refractivity contribution is 5.84. The molecule has 1 N–H and O–H groups in total. The van der Waals surface area contributed by atoms with E-state index in [-0.39, 0.29) is 0 Å². The van der Waals surface area contributed by atoms with Gasteiger partial charge in [0.15, 0.2) is 0 Å². The Hall–Kier alpha value is -1.41. The van der Waals surface area contributed by atoms with Crippen LogP contribution in [0.3, 0.4) is 0 Å². The highest BCUT2D eigenvalue weighted by Gasteiger charge is 2.06. The molecule has 0 spiro atoms. The summed E-state index contributed by atoms with van der Waals surface area (Å²) in [7, 11) is 1.96. The van der Waals surface area contributed by atoms with E-state index in [1.54, 1.807) is 0 Å². The van der Waals surface area contributed by atoms with Crippen molar-refractivity contribution in [3.63, 3.8) is 0 Å². The average Bonchev–Trinajstić information content (AvgIpc) is 2.27. The molecule has 1 aromatic heterocycles. The van der Waals surface area contributed by atoms with Gasteiger partial charge in [-0.3, -0.25) is 4.98 Å². The lowest BCUT2D eigenvalue weighted by molar-refractivity contribution is 0.655. The van der Waals surface area contributed by atoms with Crippen molar-refractivity contribution in [3.05, 3.63) is 42.2 Å². The third-order valence-electron chi connectivity index (χ3n) is 2.60. The summed E-state index contributed by atoms with van der Waals surface area (Å²) in [5.41, 5.74) is 1.26. The fourth-order valence-electron chi connectivity index (χ4n) is 1.64. The second kappa shape index (κ2) is 3.76. The molecule has 2 heteroatoms. The number of nitrogens with zero attached hydrogens (tertiary/aromatic N) is 1. The summed E-state index contributed by atoms with van der Waals surface area (Å²) in [6.07, 6.45) is 3.84. The molecular weight excluding hydrogens is 172 g/mol. The molecule has 0 saturated heterocycles. The molecular formula is C12H14N2. The quantitative estimate of drug-likeness (QED) is 0.779. The summed E-state index contributed by atoms with van der Waals surface area (Å²) < 4.78 is 0. The molecule has 0 unspecified atom stereocenters. The summed E-state index contributed by atoms with van der Waals surface area (Å²) in [6.45, 7) is 2.14. The Morgan fingerprint density at radius 2 is 2.00 bits per heavy atom. The molecule has 2 nitrogen and oxygen atoms in total. The van der Waals surface area contributed by atoms with Crippen molar-refractivity contribution in [2.24, 2.45) is 0 Å². The van der Waals surface area contributed by atoms with E-state index in [9.17, 15) is 0 Å². The van der Waals surface area contributed by atoms with Crippen molar-refractivity contribution in [1.82, 2.24) is 10.3 Å². The predicted molar refractivity (Wildman–Crippen MR) is 59.2 cm³/mol. The molecule has 1 aromatic carbocycles. The van der Waals surface area contributed by atoms with E-state index in [0.717, 1.165) is 0 Å². The van der Waals surface area contributed by atoms with Crippen LogP contribution in [-0.4, -0.2) is 12.0 Å². The maximum atomic E-state index is 4.24. The van der Waals surface area contributed by atoms with Crippen molar-refractivity contribution < 1.29 is 0 Å². The largest absolute Gasteiger partial charge is 0.313 e. The van der Waals surface area contributed by atoms with Gasteiger partial charge < -0.3 is 5.32 Å². The van der Waals surface area contributed by atoms with Gasteiger partial charge in [-0.15, -0.1) is 0 Å². The Kier molecular flexibility index (Phi) is 2.46. The molecule has 2 rings (SSSR count). The molecule has 14 heavy (non-hydrogen) atoms. The molecule has 1 atom stereocenters. The second-order valence-corrected chi connectivity index (χ2v) is 3.46. The first-order chi connectivity index (χ1) is 6.83. The third-order valence-corrected chi connectivity index (χ3v) is 2.60. The standard InChI is InChI=1S/C12H14N2/c1-9(13-2)12-8-14-7-10-5-3-4-6-11(10)12/h3-9,13H,1-2H3/t9-/m1/s1. The van der Waals surface area contributed by atoms with Crippen molar-refractivity contribution in [3.8, 4) is 0 Å². The summed E-state index contributed by atoms with van der Waals surface area (Å²) in [5, 5.41) is 5.72. The van der Waals surface area contributed by atoms with Gasteiger partial charge >= 0.3 is 0 Å². The summed E-state index contributed by atoms with van der Waals surface area (Å²) in [6, 6.07) is 8.68. The van der Waals surface area contributed by atoms with Gasteiger partial charge in [0.05, 0.1) is 0 Å². The average molecular weight is 186 g/mol. The molecule has 0 fully saturated rings. The molecule has 0 aliphatic rings. The van der Waals surface area contributed by atoms with E-state index in [4.69, 9.17) is 0 Å². The lowest BCUT2D eigenvalue weighted by Gasteiger charge is -2.12. The normalized spacial score (nSPS) is 13.0. The number of aromatic nitrogens is 1. The van der Waals surface area contributed by atoms with Crippen LogP contribution >= 0.6 is 0 Å². The van der Waals surface area contributed by atoms with Crippen molar-refractivity contribution in [1.29, 1.82) is 0 Å². The van der Waals surface area contributed by atoms with Crippen LogP contribution in [0.4, 0.5) is 0 Å². The summed E-state index contributed by atoms with van der Waals surface area (Å²) in [4.78, 5) is 4.24. The molecule has 0 aliphatic carbocycles. The highest BCUT2D eigenvalue weighted by atomic mass is 14.9. The van der Waals surface area contributed by atoms with Crippen LogP contribution in [0.25, 0.3) is 10.8 Å². The fraction of sp³-hybridized carbons (Fsp3) is 0.250. The third kappa shape index (κ3) is 1.49. The number of rotatable bonds is 2. The highest BCUT2D eigenvalue weighted by Crippen LogP contribution is 2.22. The van der Waals surface area contributed by atoms with Crippen LogP contribution in [0.2, 0.25) is 0 Å². The van der Waals surface area contributed by atoms with Crippen LogP contribution < -0.4 is 5.32 Å². The first kappa shape index (κ1) is 9.16. The Labute approximate surface area is 84.0 Å². The van der Waals surface area contributed by atoms with Crippen molar-refractivity contribution in [2.75, 3.05) is 7.05 Å². The van der Waals surface area contributed by atoms with E-state index in [1.165, 1.54) is 16.3 Å². The lowest BCUT2D eigenvalue weighted by Crippen LogP contribution is -2.12. The Morgan fingerprint density at radius 3 is 2.79 bits per heavy atom. The minimum Gasteiger partial charge on any atom is -0.313 e. The zero-order valence-electron chi connectivity index (χ0n) is 8.49. The van der Waals surface area contributed by atoms with Gasteiger partial charge in [0.2, 0.25) is 0 Å². The van der Waals surface area contributed by atoms with Crippen LogP contribution in [0.15, 0.2) is 36.7 Å². The van der Waals surface area contributed by atoms with E-state index in [0.29, 0.717) is 6.04 Å². The van der Waals surface area contributed by atoms with Gasteiger partial charge in [-0.2, -0.15) is 0 Å². The molecule has 0 radical (unpaired) electrons. The van der Waals surface area contributed by atoms with E-state index in [1.807, 2.05) is 25.5 Å². The van der Waals surface area contributed by atoms with Gasteiger partial charge in [-0.1, -0.05) is 24.3 Å². The molecule has 0 aliphatic heterocycles. The molecule has 0 amide bonds. The van der Waals surface area contributed by atoms with E-state index < -0.39 is 0 Å². The molecule has 0 bridgehead atoms. The van der Waals surface area contributed by atoms with Gasteiger partial charge in [0, 0.05) is 23.8 Å². The minimum atomic E-state index is 0.341. The van der Waals surface area contributed by atoms with Crippen molar-refractivity contribution in [2.45, 2.75) is 13.0 Å². The molecule has 0 saturated carbocycles. The number of hydrogen-bond donors (Lipinski definition) is 1. The topological polar surface area (TPSA) is 24.9 Å². The second-order valence-electron chi connectivity index (χ2n) is 3.46. The van der Waals surface area contributed by atoms with Gasteiger partial charge in [0.1, 0.15) is 0 Å². The first-order valence-electron chi connectivity index (χ1n) is 4.83. The maximum absolute atomic E-state index is 4.24. The van der Waals surface area contributed by atoms with E-state index >= 15 is 0 Å². The van der Waals surface area contributed by atoms with Crippen molar-refractivity contribution >= 4 is 10.8 Å². The first-order valence-corrected chi connectivity index (χ1v) is 4.83. The smallest absolute Gasteiger partial charge is 0.0346 e. The van der Waals surface area contributed by atoms with Gasteiger partial charge in [-0.25, -0.2) is 0 Å². The summed E-state index contributed by atoms with van der Waals surface area (Å²) in [5.74, 6) is 0. The number of benzene rings is 1. The van der Waals surface area contributed by atoms with Crippen LogP contribution in [-0.2, 0) is 0 Å². The van der Waals surface area contributed by atoms with Crippen LogP contribution in [0, 0.1) is 0 Å². The van der Waals surface area contributed by atoms with Crippen LogP contribution in [0.5, 0.6) is 0 Å². The summed E-state index contributed by atoms with van der Waals surface area (Å²) >= 11 is 0. The minimum absolute atomic E-state index is 0.341. The zero-order chi connectivity index (χ0) is 9.97. The fourth-order valence-corrected chi connectivity index (χ4v) is 1.64. The van der Waals surface area contributed by atoms with Gasteiger partial charge in [0.25, 0.3) is 0 Å². The maximum Gasteiger partial charge on any atom is 0.0346 e. The zero-order valence-corrected chi connectivity index (χ0v) is 8.49. The number of nitrogens with one attached hydrogen (secondary N) is 1. The number of hydrogen-bond acceptors (Lipinski definition) is 2. The Bertz CT molecular complexity index is 432. The Morgan fingerprint density at radius 1 is 1.21 bits per heavy atom. The number of fused-ring (bicyclic) bond motifs is 1. The monoisotopic (exact) mass is 186 g/mol. The van der Waals surface area contributed by atoms with Crippen LogP contribution in [0.1, 0.15) is 18.5 Å². The van der Waals surface area contributed by atoms with Gasteiger partial charge in [-0.05, 0) is 24.9 Å². The molecule has 72 valence electrons. The number of pyridine rings is 1. The molecule has 2 aromatic rings. The Balaban J connectivity index is 2.65. The SMILES string of the molecule is CN[C@H](C)c1cncc2ccccc12.